The van der Waals surface area contributed by atoms with Crippen molar-refractivity contribution in [2.24, 2.45) is 10.7 Å². The molecule has 0 spiro atoms. The number of hydrogen-bond acceptors (Lipinski definition) is 14. The number of guanidine groups is 1. The zero-order valence-electron chi connectivity index (χ0n) is 25.0. The van der Waals surface area contributed by atoms with E-state index in [-0.39, 0.29) is 48.8 Å². The number of nitrogen functional groups attached to an aromatic ring is 2. The van der Waals surface area contributed by atoms with Crippen LogP contribution in [0.15, 0.2) is 35.5 Å². The van der Waals surface area contributed by atoms with Gasteiger partial charge in [0.25, 0.3) is 11.9 Å². The van der Waals surface area contributed by atoms with Crippen molar-refractivity contribution in [3.8, 4) is 0 Å². The fourth-order valence-corrected chi connectivity index (χ4v) is 4.18. The fraction of sp³-hybridized carbons (Fsp3) is 0.346. The lowest BCUT2D eigenvalue weighted by Crippen LogP contribution is -2.44. The molecular weight excluding hydrogens is 622 g/mol. The van der Waals surface area contributed by atoms with Gasteiger partial charge >= 0.3 is 11.9 Å². The van der Waals surface area contributed by atoms with Crippen molar-refractivity contribution >= 4 is 58.3 Å². The third-order valence-corrected chi connectivity index (χ3v) is 6.51. The van der Waals surface area contributed by atoms with Crippen molar-refractivity contribution < 1.29 is 34.4 Å². The molecule has 47 heavy (non-hydrogen) atoms. The van der Waals surface area contributed by atoms with Gasteiger partial charge in [-0.25, -0.2) is 34.7 Å². The van der Waals surface area contributed by atoms with Crippen molar-refractivity contribution in [1.29, 1.82) is 0 Å². The van der Waals surface area contributed by atoms with Crippen LogP contribution < -0.4 is 38.2 Å². The molecule has 0 aliphatic rings. The molecule has 0 saturated carbocycles. The number of nitrogens with two attached hydrogens (primary N) is 3. The minimum atomic E-state index is -1.44. The third kappa shape index (κ3) is 10.6. The summed E-state index contributed by atoms with van der Waals surface area (Å²) in [4.78, 5) is 80.9. The van der Waals surface area contributed by atoms with Gasteiger partial charge in [0, 0.05) is 31.3 Å². The summed E-state index contributed by atoms with van der Waals surface area (Å²) >= 11 is 0. The van der Waals surface area contributed by atoms with Gasteiger partial charge < -0.3 is 42.9 Å². The van der Waals surface area contributed by atoms with Gasteiger partial charge in [-0.15, -0.1) is 0 Å². The number of nitrogens with one attached hydrogen (secondary N) is 3. The molecule has 0 fully saturated rings. The lowest BCUT2D eigenvalue weighted by molar-refractivity contribution is -0.525. The average Bonchev–Trinajstić information content (AvgIpc) is 3.00. The summed E-state index contributed by atoms with van der Waals surface area (Å²) in [5.41, 5.74) is 20.4. The van der Waals surface area contributed by atoms with E-state index in [1.54, 1.807) is 24.6 Å². The Hall–Kier alpha value is -6.41. The highest BCUT2D eigenvalue weighted by Crippen LogP contribution is 2.19. The molecule has 3 rings (SSSR count). The Morgan fingerprint density at radius 1 is 1.02 bits per heavy atom. The summed E-state index contributed by atoms with van der Waals surface area (Å²) in [6, 6.07) is 3.52. The molecule has 0 bridgehead atoms. The van der Waals surface area contributed by atoms with Gasteiger partial charge in [0.15, 0.2) is 22.0 Å². The van der Waals surface area contributed by atoms with E-state index in [0.717, 1.165) is 0 Å². The van der Waals surface area contributed by atoms with E-state index in [1.807, 2.05) is 4.90 Å². The van der Waals surface area contributed by atoms with Crippen LogP contribution >= 0.6 is 0 Å². The summed E-state index contributed by atoms with van der Waals surface area (Å²) in [6.45, 7) is 0.270. The van der Waals surface area contributed by atoms with E-state index in [9.17, 15) is 39.5 Å². The normalized spacial score (nSPS) is 12.5. The molecule has 11 N–H and O–H groups in total. The molecule has 250 valence electrons. The number of carboxylic acids is 2. The van der Waals surface area contributed by atoms with Crippen molar-refractivity contribution in [2.45, 2.75) is 44.3 Å². The maximum atomic E-state index is 12.8. The Bertz CT molecular complexity index is 1670. The maximum absolute atomic E-state index is 12.8. The second-order valence-electron chi connectivity index (χ2n) is 10.0. The number of carbonyl (C=O) groups is 4. The van der Waals surface area contributed by atoms with E-state index in [4.69, 9.17) is 17.2 Å². The maximum Gasteiger partial charge on any atom is 0.326 e. The van der Waals surface area contributed by atoms with Crippen LogP contribution in [0.4, 0.5) is 17.5 Å². The Morgan fingerprint density at radius 2 is 1.68 bits per heavy atom. The monoisotopic (exact) mass is 655 g/mol. The summed E-state index contributed by atoms with van der Waals surface area (Å²) in [7, 11) is 1.78. The van der Waals surface area contributed by atoms with Crippen molar-refractivity contribution in [2.75, 3.05) is 30.0 Å². The first kappa shape index (κ1) is 35.1. The number of anilines is 3. The minimum Gasteiger partial charge on any atom is -0.480 e. The van der Waals surface area contributed by atoms with Crippen LogP contribution in [0.25, 0.3) is 11.2 Å². The molecule has 3 aromatic rings. The Balaban J connectivity index is 1.52. The molecule has 0 aliphatic carbocycles. The van der Waals surface area contributed by atoms with Gasteiger partial charge in [0.1, 0.15) is 12.1 Å². The zero-order chi connectivity index (χ0) is 34.7. The predicted octanol–water partition coefficient (Wildman–Crippen LogP) is -1.37. The Morgan fingerprint density at radius 3 is 2.32 bits per heavy atom. The van der Waals surface area contributed by atoms with Crippen molar-refractivity contribution in [1.82, 2.24) is 36.0 Å². The van der Waals surface area contributed by atoms with Crippen molar-refractivity contribution in [3.63, 3.8) is 0 Å². The third-order valence-electron chi connectivity index (χ3n) is 6.51. The van der Waals surface area contributed by atoms with Crippen LogP contribution in [0.5, 0.6) is 0 Å². The SMILES string of the molecule is CN(Cc1cnc2nc(N)nc(N)c2n1)c1ccc(C(=O)N[C@@H](CCC(=O)N[C@@H](CCCN=C(N)N[N+](=O)[O-])C(=O)O)C(=O)O)cc1. The van der Waals surface area contributed by atoms with E-state index in [0.29, 0.717) is 23.4 Å². The van der Waals surface area contributed by atoms with Crippen LogP contribution in [0.2, 0.25) is 0 Å². The minimum absolute atomic E-state index is 0.0157. The molecule has 2 heterocycles. The molecule has 2 amide bonds. The van der Waals surface area contributed by atoms with Gasteiger partial charge in [0.2, 0.25) is 11.9 Å². The second-order valence-corrected chi connectivity index (χ2v) is 10.0. The van der Waals surface area contributed by atoms with Gasteiger partial charge in [-0.2, -0.15) is 9.97 Å². The summed E-state index contributed by atoms with van der Waals surface area (Å²) in [5.74, 6) is -4.56. The second kappa shape index (κ2) is 16.1. The van der Waals surface area contributed by atoms with Crippen LogP contribution in [-0.2, 0) is 20.9 Å². The molecule has 21 nitrogen and oxygen atoms in total. The van der Waals surface area contributed by atoms with Gasteiger partial charge in [-0.05, 0) is 43.5 Å². The van der Waals surface area contributed by atoms with Crippen molar-refractivity contribution in [3.05, 3.63) is 51.8 Å². The Kier molecular flexibility index (Phi) is 12.0. The molecule has 0 unspecified atom stereocenters. The molecule has 21 heteroatoms. The van der Waals surface area contributed by atoms with Gasteiger partial charge in [-0.1, -0.05) is 5.43 Å². The largest absolute Gasteiger partial charge is 0.480 e. The number of hydrazine groups is 1. The van der Waals surface area contributed by atoms with E-state index in [2.05, 4.69) is 35.6 Å². The summed E-state index contributed by atoms with van der Waals surface area (Å²) in [5, 5.41) is 33.0. The number of rotatable bonds is 16. The number of aliphatic imine (C=N–C) groups is 1. The molecule has 2 aromatic heterocycles. The lowest BCUT2D eigenvalue weighted by atomic mass is 10.1. The highest BCUT2D eigenvalue weighted by Gasteiger charge is 2.24. The van der Waals surface area contributed by atoms with Crippen LogP contribution in [0.3, 0.4) is 0 Å². The standard InChI is InChI=1S/C26H33N13O8/c1-38(12-14-11-31-21-19(32-14)20(27)35-26(29)36-21)15-6-4-13(5-7-15)22(41)34-17(24(44)45)8-9-18(40)33-16(23(42)43)3-2-10-30-25(28)37-39(46)47/h4-7,11,16-17H,2-3,8-10,12H2,1H3,(H,33,40)(H,34,41)(H,42,43)(H,44,45)(H3,28,30,37)(H4,27,29,31,35,36)/t16-,17-/m0/s1. The fourth-order valence-electron chi connectivity index (χ4n) is 4.18. The number of fused-ring (bicyclic) bond motifs is 1. The number of carbonyl (C=O) groups excluding carboxylic acids is 2. The number of aliphatic carboxylic acids is 2. The van der Waals surface area contributed by atoms with Gasteiger partial charge in [-0.3, -0.25) is 9.59 Å². The number of benzene rings is 1. The summed E-state index contributed by atoms with van der Waals surface area (Å²) in [6.07, 6.45) is 0.858. The number of carboxylic acid groups (broad SMARTS) is 2. The molecule has 2 atom stereocenters. The average molecular weight is 656 g/mol. The summed E-state index contributed by atoms with van der Waals surface area (Å²) < 4.78 is 0. The first-order valence-corrected chi connectivity index (χ1v) is 13.9. The molecule has 0 aliphatic heterocycles. The first-order valence-electron chi connectivity index (χ1n) is 13.9. The molecular formula is C26H33N13O8. The molecule has 0 radical (unpaired) electrons. The lowest BCUT2D eigenvalue weighted by Gasteiger charge is -2.20. The number of nitrogens with zero attached hydrogens (tertiary/aromatic N) is 7. The number of amides is 2. The first-order chi connectivity index (χ1) is 22.2. The van der Waals surface area contributed by atoms with E-state index >= 15 is 0 Å². The number of hydrogen-bond donors (Lipinski definition) is 8. The highest BCUT2D eigenvalue weighted by molar-refractivity contribution is 5.97. The topological polar surface area (TPSA) is 333 Å². The smallest absolute Gasteiger partial charge is 0.326 e. The van der Waals surface area contributed by atoms with Gasteiger partial charge in [0.05, 0.1) is 18.4 Å². The zero-order valence-corrected chi connectivity index (χ0v) is 25.0. The quantitative estimate of drug-likeness (QED) is 0.0290. The van der Waals surface area contributed by atoms with Crippen LogP contribution in [0, 0.1) is 10.1 Å². The van der Waals surface area contributed by atoms with Crippen LogP contribution in [-0.4, -0.2) is 90.6 Å². The highest BCUT2D eigenvalue weighted by atomic mass is 16.7. The predicted molar refractivity (Wildman–Crippen MR) is 166 cm³/mol. The van der Waals surface area contributed by atoms with Crippen LogP contribution in [0.1, 0.15) is 41.7 Å². The van der Waals surface area contributed by atoms with E-state index in [1.165, 1.54) is 18.3 Å². The number of nitro groups is 1. The van der Waals surface area contributed by atoms with E-state index < -0.39 is 53.2 Å². The molecule has 0 saturated heterocycles. The number of aromatic nitrogens is 4. The molecule has 1 aromatic carbocycles. The Labute approximate surface area is 265 Å².